The van der Waals surface area contributed by atoms with Crippen LogP contribution in [0.15, 0.2) is 34.3 Å². The lowest BCUT2D eigenvalue weighted by Crippen LogP contribution is -2.22. The van der Waals surface area contributed by atoms with E-state index in [0.29, 0.717) is 11.4 Å². The summed E-state index contributed by atoms with van der Waals surface area (Å²) in [5.41, 5.74) is 11.9. The summed E-state index contributed by atoms with van der Waals surface area (Å²) in [5.74, 6) is -1.52. The van der Waals surface area contributed by atoms with Crippen molar-refractivity contribution in [2.24, 2.45) is 21.5 Å². The average Bonchev–Trinajstić information content (AvgIpc) is 3.09. The van der Waals surface area contributed by atoms with Crippen LogP contribution in [0.3, 0.4) is 0 Å². The topological polar surface area (TPSA) is 169 Å². The van der Waals surface area contributed by atoms with Crippen molar-refractivity contribution in [1.29, 1.82) is 0 Å². The maximum atomic E-state index is 12.0. The van der Waals surface area contributed by atoms with Crippen LogP contribution in [0, 0.1) is 0 Å². The van der Waals surface area contributed by atoms with Gasteiger partial charge in [0.05, 0.1) is 0 Å². The summed E-state index contributed by atoms with van der Waals surface area (Å²) in [4.78, 5) is 54.3. The Kier molecular flexibility index (Phi) is 5.99. The Bertz CT molecular complexity index is 826. The largest absolute Gasteiger partial charge is 0.378 e. The van der Waals surface area contributed by atoms with E-state index in [1.54, 1.807) is 24.3 Å². The number of carbonyl (C=O) groups is 4. The molecule has 146 valence electrons. The van der Waals surface area contributed by atoms with Crippen molar-refractivity contribution in [3.63, 3.8) is 0 Å². The van der Waals surface area contributed by atoms with Crippen LogP contribution in [-0.2, 0) is 19.2 Å². The molecule has 1 aromatic rings. The Balaban J connectivity index is 1.47. The Labute approximate surface area is 168 Å². The lowest BCUT2D eigenvalue weighted by atomic mass is 10.2. The fourth-order valence-electron chi connectivity index (χ4n) is 2.46. The van der Waals surface area contributed by atoms with Gasteiger partial charge >= 0.3 is 0 Å². The van der Waals surface area contributed by atoms with Gasteiger partial charge in [0.2, 0.25) is 11.8 Å². The van der Waals surface area contributed by atoms with Gasteiger partial charge in [0, 0.05) is 24.2 Å². The standard InChI is InChI=1S/C16H16N6O4S2/c17-15-21-13(25)9(27-15)5-11(23)19-7-1-2-8(4-3-7)20-12(24)6-10-14(26)22-16(18)28-10/h1-4,9-10H,5-6H2,(H,19,23)(H,20,24)(H2,17,21,25)(H2,18,22,26)/t9-,10-/m1/s1. The van der Waals surface area contributed by atoms with Gasteiger partial charge < -0.3 is 22.1 Å². The number of anilines is 2. The number of benzene rings is 1. The summed E-state index contributed by atoms with van der Waals surface area (Å²) in [7, 11) is 0. The SMILES string of the molecule is NC1=NC(=O)[C@@H](CC(=O)Nc2ccc(NC(=O)C[C@H]3SC(N)=NC3=O)cc2)S1. The number of amidine groups is 2. The van der Waals surface area contributed by atoms with Gasteiger partial charge in [0.25, 0.3) is 11.8 Å². The van der Waals surface area contributed by atoms with E-state index in [4.69, 9.17) is 11.5 Å². The van der Waals surface area contributed by atoms with Crippen LogP contribution in [0.25, 0.3) is 0 Å². The Morgan fingerprint density at radius 2 is 1.18 bits per heavy atom. The average molecular weight is 420 g/mol. The van der Waals surface area contributed by atoms with Crippen LogP contribution in [-0.4, -0.2) is 44.5 Å². The van der Waals surface area contributed by atoms with E-state index < -0.39 is 22.3 Å². The monoisotopic (exact) mass is 420 g/mol. The highest BCUT2D eigenvalue weighted by atomic mass is 32.2. The van der Waals surface area contributed by atoms with Crippen molar-refractivity contribution in [3.8, 4) is 0 Å². The molecule has 0 fully saturated rings. The molecule has 12 heteroatoms. The molecule has 4 amide bonds. The van der Waals surface area contributed by atoms with Gasteiger partial charge in [0.15, 0.2) is 10.3 Å². The molecular weight excluding hydrogens is 404 g/mol. The van der Waals surface area contributed by atoms with E-state index in [0.717, 1.165) is 23.5 Å². The molecule has 0 unspecified atom stereocenters. The first-order valence-electron chi connectivity index (χ1n) is 8.09. The van der Waals surface area contributed by atoms with Gasteiger partial charge in [-0.15, -0.1) is 0 Å². The summed E-state index contributed by atoms with van der Waals surface area (Å²) in [5, 5.41) is 4.45. The number of aliphatic imine (C=N–C) groups is 2. The van der Waals surface area contributed by atoms with Crippen LogP contribution in [0.2, 0.25) is 0 Å². The number of thioether (sulfide) groups is 2. The summed E-state index contributed by atoms with van der Waals surface area (Å²) in [6.45, 7) is 0. The third kappa shape index (κ3) is 5.10. The van der Waals surface area contributed by atoms with E-state index in [1.807, 2.05) is 0 Å². The molecule has 10 nitrogen and oxygen atoms in total. The van der Waals surface area contributed by atoms with Crippen LogP contribution in [0.5, 0.6) is 0 Å². The number of rotatable bonds is 6. The van der Waals surface area contributed by atoms with Crippen molar-refractivity contribution < 1.29 is 19.2 Å². The van der Waals surface area contributed by atoms with E-state index in [2.05, 4.69) is 20.6 Å². The van der Waals surface area contributed by atoms with Gasteiger partial charge in [-0.2, -0.15) is 9.98 Å². The number of nitrogens with zero attached hydrogens (tertiary/aromatic N) is 2. The summed E-state index contributed by atoms with van der Waals surface area (Å²) >= 11 is 2.13. The molecule has 2 atom stereocenters. The molecule has 0 radical (unpaired) electrons. The van der Waals surface area contributed by atoms with E-state index in [9.17, 15) is 19.2 Å². The molecule has 0 aromatic heterocycles. The third-order valence-electron chi connectivity index (χ3n) is 3.71. The first kappa shape index (κ1) is 19.9. The van der Waals surface area contributed by atoms with Crippen LogP contribution in [0.4, 0.5) is 11.4 Å². The van der Waals surface area contributed by atoms with Gasteiger partial charge in [0.1, 0.15) is 10.5 Å². The molecular formula is C16H16N6O4S2. The minimum absolute atomic E-state index is 0.0372. The fourth-order valence-corrected chi connectivity index (χ4v) is 4.11. The van der Waals surface area contributed by atoms with Crippen molar-refractivity contribution in [2.75, 3.05) is 10.6 Å². The zero-order valence-electron chi connectivity index (χ0n) is 14.4. The Morgan fingerprint density at radius 3 is 1.46 bits per heavy atom. The zero-order valence-corrected chi connectivity index (χ0v) is 16.0. The normalized spacial score (nSPS) is 21.3. The van der Waals surface area contributed by atoms with Gasteiger partial charge in [-0.1, -0.05) is 23.5 Å². The van der Waals surface area contributed by atoms with Crippen molar-refractivity contribution in [2.45, 2.75) is 23.3 Å². The third-order valence-corrected chi connectivity index (χ3v) is 5.68. The molecule has 1 aromatic carbocycles. The van der Waals surface area contributed by atoms with Crippen LogP contribution in [0.1, 0.15) is 12.8 Å². The highest BCUT2D eigenvalue weighted by molar-refractivity contribution is 8.15. The first-order chi connectivity index (χ1) is 13.3. The van der Waals surface area contributed by atoms with Gasteiger partial charge in [-0.3, -0.25) is 19.2 Å². The number of carbonyl (C=O) groups excluding carboxylic acids is 4. The molecule has 0 saturated heterocycles. The highest BCUT2D eigenvalue weighted by Crippen LogP contribution is 2.25. The van der Waals surface area contributed by atoms with Gasteiger partial charge in [-0.05, 0) is 24.3 Å². The smallest absolute Gasteiger partial charge is 0.262 e. The fraction of sp³-hybridized carbons (Fsp3) is 0.250. The number of nitrogens with two attached hydrogens (primary N) is 2. The second-order valence-electron chi connectivity index (χ2n) is 5.87. The Hall–Kier alpha value is -2.86. The molecule has 2 aliphatic heterocycles. The van der Waals surface area contributed by atoms with Gasteiger partial charge in [-0.25, -0.2) is 0 Å². The number of hydrogen-bond acceptors (Lipinski definition) is 8. The molecule has 2 heterocycles. The molecule has 6 N–H and O–H groups in total. The molecule has 0 bridgehead atoms. The van der Waals surface area contributed by atoms with E-state index in [-0.39, 0.29) is 35.0 Å². The second kappa shape index (κ2) is 8.44. The second-order valence-corrected chi connectivity index (χ2v) is 8.32. The zero-order chi connectivity index (χ0) is 20.3. The number of amides is 4. The molecule has 28 heavy (non-hydrogen) atoms. The number of nitrogens with one attached hydrogen (secondary N) is 2. The van der Waals surface area contributed by atoms with Crippen LogP contribution < -0.4 is 22.1 Å². The summed E-state index contributed by atoms with van der Waals surface area (Å²) in [6, 6.07) is 6.44. The molecule has 3 rings (SSSR count). The minimum Gasteiger partial charge on any atom is -0.378 e. The predicted molar refractivity (Wildman–Crippen MR) is 109 cm³/mol. The maximum Gasteiger partial charge on any atom is 0.262 e. The highest BCUT2D eigenvalue weighted by Gasteiger charge is 2.30. The van der Waals surface area contributed by atoms with Crippen molar-refractivity contribution in [1.82, 2.24) is 0 Å². The lowest BCUT2D eigenvalue weighted by Gasteiger charge is -2.10. The molecule has 0 saturated carbocycles. The van der Waals surface area contributed by atoms with Crippen molar-refractivity contribution >= 4 is 68.9 Å². The quantitative estimate of drug-likeness (QED) is 0.508. The molecule has 0 aliphatic carbocycles. The van der Waals surface area contributed by atoms with E-state index >= 15 is 0 Å². The molecule has 0 spiro atoms. The van der Waals surface area contributed by atoms with Crippen LogP contribution >= 0.6 is 23.5 Å². The number of hydrogen-bond donors (Lipinski definition) is 4. The summed E-state index contributed by atoms with van der Waals surface area (Å²) in [6.07, 6.45) is -0.0745. The van der Waals surface area contributed by atoms with E-state index in [1.165, 1.54) is 0 Å². The lowest BCUT2D eigenvalue weighted by molar-refractivity contribution is -0.121. The summed E-state index contributed by atoms with van der Waals surface area (Å²) < 4.78 is 0. The maximum absolute atomic E-state index is 12.0. The Morgan fingerprint density at radius 1 is 0.821 bits per heavy atom. The first-order valence-corrected chi connectivity index (χ1v) is 9.85. The predicted octanol–water partition coefficient (Wildman–Crippen LogP) is 0.257. The molecule has 2 aliphatic rings. The van der Waals surface area contributed by atoms with Crippen molar-refractivity contribution in [3.05, 3.63) is 24.3 Å². The minimum atomic E-state index is -0.604.